The number of piperidine rings is 1. The van der Waals surface area contributed by atoms with Gasteiger partial charge in [-0.2, -0.15) is 0 Å². The van der Waals surface area contributed by atoms with E-state index in [2.05, 4.69) is 17.3 Å². The summed E-state index contributed by atoms with van der Waals surface area (Å²) in [5, 5.41) is 13.3. The molecule has 94 valence electrons. The molecular formula is C14H22N2O. The van der Waals surface area contributed by atoms with Crippen LogP contribution in [0.25, 0.3) is 0 Å². The number of benzene rings is 1. The largest absolute Gasteiger partial charge is 0.508 e. The van der Waals surface area contributed by atoms with E-state index < -0.39 is 0 Å². The van der Waals surface area contributed by atoms with Crippen molar-refractivity contribution in [2.24, 2.45) is 5.92 Å². The number of para-hydroxylation sites is 1. The van der Waals surface area contributed by atoms with E-state index in [1.165, 1.54) is 19.4 Å². The highest BCUT2D eigenvalue weighted by Gasteiger charge is 2.27. The van der Waals surface area contributed by atoms with Gasteiger partial charge in [0.15, 0.2) is 0 Å². The van der Waals surface area contributed by atoms with Gasteiger partial charge in [0, 0.05) is 18.2 Å². The molecule has 17 heavy (non-hydrogen) atoms. The Morgan fingerprint density at radius 1 is 1.41 bits per heavy atom. The van der Waals surface area contributed by atoms with Gasteiger partial charge >= 0.3 is 0 Å². The van der Waals surface area contributed by atoms with Crippen LogP contribution in [-0.4, -0.2) is 37.2 Å². The van der Waals surface area contributed by atoms with E-state index in [-0.39, 0.29) is 6.04 Å². The molecule has 0 spiro atoms. The molecule has 0 aliphatic carbocycles. The van der Waals surface area contributed by atoms with Crippen molar-refractivity contribution in [3.63, 3.8) is 0 Å². The van der Waals surface area contributed by atoms with E-state index in [1.54, 1.807) is 6.07 Å². The zero-order chi connectivity index (χ0) is 12.3. The Balaban J connectivity index is 2.18. The summed E-state index contributed by atoms with van der Waals surface area (Å²) in [5.74, 6) is 0.979. The first-order chi connectivity index (χ1) is 8.22. The number of rotatable bonds is 3. The van der Waals surface area contributed by atoms with Crippen LogP contribution in [0.15, 0.2) is 24.3 Å². The highest BCUT2D eigenvalue weighted by molar-refractivity contribution is 5.35. The minimum absolute atomic E-state index is 0.249. The van der Waals surface area contributed by atoms with Crippen molar-refractivity contribution >= 4 is 0 Å². The van der Waals surface area contributed by atoms with Gasteiger partial charge in [0.2, 0.25) is 0 Å². The maximum atomic E-state index is 9.95. The predicted molar refractivity (Wildman–Crippen MR) is 70.1 cm³/mol. The fourth-order valence-electron chi connectivity index (χ4n) is 2.87. The number of nitrogens with zero attached hydrogens (tertiary/aromatic N) is 1. The molecule has 1 aromatic rings. The number of phenols is 1. The van der Waals surface area contributed by atoms with Crippen LogP contribution in [0.4, 0.5) is 0 Å². The van der Waals surface area contributed by atoms with Crippen LogP contribution in [-0.2, 0) is 0 Å². The third-order valence-electron chi connectivity index (χ3n) is 3.72. The zero-order valence-corrected chi connectivity index (χ0v) is 10.7. The van der Waals surface area contributed by atoms with E-state index in [0.29, 0.717) is 11.7 Å². The SMILES string of the molecule is CNC(c1ccccc1O)C1CCCN(C)C1. The molecule has 1 aliphatic heterocycles. The molecule has 1 aromatic carbocycles. The summed E-state index contributed by atoms with van der Waals surface area (Å²) >= 11 is 0. The summed E-state index contributed by atoms with van der Waals surface area (Å²) < 4.78 is 0. The van der Waals surface area contributed by atoms with Crippen LogP contribution in [0.5, 0.6) is 5.75 Å². The highest BCUT2D eigenvalue weighted by atomic mass is 16.3. The van der Waals surface area contributed by atoms with Gasteiger partial charge in [0.05, 0.1) is 0 Å². The average molecular weight is 234 g/mol. The lowest BCUT2D eigenvalue weighted by atomic mass is 9.86. The molecule has 0 amide bonds. The molecule has 0 bridgehead atoms. The van der Waals surface area contributed by atoms with Crippen LogP contribution < -0.4 is 5.32 Å². The quantitative estimate of drug-likeness (QED) is 0.839. The second-order valence-electron chi connectivity index (χ2n) is 4.99. The number of hydrogen-bond donors (Lipinski definition) is 2. The first kappa shape index (κ1) is 12.4. The fraction of sp³-hybridized carbons (Fsp3) is 0.571. The fourth-order valence-corrected chi connectivity index (χ4v) is 2.87. The molecule has 1 aliphatic rings. The molecule has 3 nitrogen and oxygen atoms in total. The molecule has 1 saturated heterocycles. The van der Waals surface area contributed by atoms with Gasteiger partial charge in [0.25, 0.3) is 0 Å². The first-order valence-electron chi connectivity index (χ1n) is 6.36. The lowest BCUT2D eigenvalue weighted by Crippen LogP contribution is -2.38. The zero-order valence-electron chi connectivity index (χ0n) is 10.7. The van der Waals surface area contributed by atoms with Crippen LogP contribution in [0.1, 0.15) is 24.4 Å². The number of hydrogen-bond acceptors (Lipinski definition) is 3. The van der Waals surface area contributed by atoms with Crippen LogP contribution in [0.3, 0.4) is 0 Å². The number of phenolic OH excluding ortho intramolecular Hbond substituents is 1. The summed E-state index contributed by atoms with van der Waals surface area (Å²) in [5.41, 5.74) is 1.02. The molecule has 0 saturated carbocycles. The maximum absolute atomic E-state index is 9.95. The maximum Gasteiger partial charge on any atom is 0.120 e. The number of likely N-dealkylation sites (tertiary alicyclic amines) is 1. The Labute approximate surface area is 103 Å². The molecule has 1 heterocycles. The Morgan fingerprint density at radius 3 is 2.82 bits per heavy atom. The van der Waals surface area contributed by atoms with Crippen LogP contribution >= 0.6 is 0 Å². The minimum atomic E-state index is 0.249. The second kappa shape index (κ2) is 5.52. The van der Waals surface area contributed by atoms with Crippen molar-refractivity contribution in [2.45, 2.75) is 18.9 Å². The van der Waals surface area contributed by atoms with Gasteiger partial charge in [-0.1, -0.05) is 18.2 Å². The van der Waals surface area contributed by atoms with Crippen LogP contribution in [0.2, 0.25) is 0 Å². The van der Waals surface area contributed by atoms with E-state index in [9.17, 15) is 5.11 Å². The first-order valence-corrected chi connectivity index (χ1v) is 6.36. The topological polar surface area (TPSA) is 35.5 Å². The van der Waals surface area contributed by atoms with Gasteiger partial charge in [-0.15, -0.1) is 0 Å². The third kappa shape index (κ3) is 2.79. The molecule has 0 radical (unpaired) electrons. The highest BCUT2D eigenvalue weighted by Crippen LogP contribution is 2.33. The molecule has 2 atom stereocenters. The molecule has 2 unspecified atom stereocenters. The molecule has 2 rings (SSSR count). The Hall–Kier alpha value is -1.06. The summed E-state index contributed by atoms with van der Waals surface area (Å²) in [4.78, 5) is 2.37. The smallest absolute Gasteiger partial charge is 0.120 e. The lowest BCUT2D eigenvalue weighted by molar-refractivity contribution is 0.176. The summed E-state index contributed by atoms with van der Waals surface area (Å²) in [6.45, 7) is 2.29. The number of aromatic hydroxyl groups is 1. The summed E-state index contributed by atoms with van der Waals surface area (Å²) in [7, 11) is 4.15. The van der Waals surface area contributed by atoms with Crippen LogP contribution in [0, 0.1) is 5.92 Å². The van der Waals surface area contributed by atoms with Gasteiger partial charge < -0.3 is 15.3 Å². The van der Waals surface area contributed by atoms with Gasteiger partial charge in [-0.3, -0.25) is 0 Å². The second-order valence-corrected chi connectivity index (χ2v) is 4.99. The van der Waals surface area contributed by atoms with Crippen molar-refractivity contribution in [3.05, 3.63) is 29.8 Å². The van der Waals surface area contributed by atoms with E-state index in [1.807, 2.05) is 25.2 Å². The standard InChI is InChI=1S/C14H22N2O/c1-15-14(11-6-5-9-16(2)10-11)12-7-3-4-8-13(12)17/h3-4,7-8,11,14-15,17H,5-6,9-10H2,1-2H3. The Morgan fingerprint density at radius 2 is 2.18 bits per heavy atom. The van der Waals surface area contributed by atoms with Crippen molar-refractivity contribution in [1.29, 1.82) is 0 Å². The van der Waals surface area contributed by atoms with Gasteiger partial charge in [0.1, 0.15) is 5.75 Å². The van der Waals surface area contributed by atoms with Crippen molar-refractivity contribution in [2.75, 3.05) is 27.2 Å². The monoisotopic (exact) mass is 234 g/mol. The minimum Gasteiger partial charge on any atom is -0.508 e. The average Bonchev–Trinajstić information content (AvgIpc) is 2.33. The summed E-state index contributed by atoms with van der Waals surface area (Å²) in [6, 6.07) is 7.90. The van der Waals surface area contributed by atoms with Crippen molar-refractivity contribution in [1.82, 2.24) is 10.2 Å². The van der Waals surface area contributed by atoms with E-state index >= 15 is 0 Å². The van der Waals surface area contributed by atoms with Crippen molar-refractivity contribution < 1.29 is 5.11 Å². The summed E-state index contributed by atoms with van der Waals surface area (Å²) in [6.07, 6.45) is 2.47. The van der Waals surface area contributed by atoms with E-state index in [0.717, 1.165) is 12.1 Å². The Bertz CT molecular complexity index is 367. The van der Waals surface area contributed by atoms with E-state index in [4.69, 9.17) is 0 Å². The lowest BCUT2D eigenvalue weighted by Gasteiger charge is -2.35. The molecular weight excluding hydrogens is 212 g/mol. The number of nitrogens with one attached hydrogen (secondary N) is 1. The van der Waals surface area contributed by atoms with Gasteiger partial charge in [-0.05, 0) is 45.5 Å². The third-order valence-corrected chi connectivity index (χ3v) is 3.72. The van der Waals surface area contributed by atoms with Crippen molar-refractivity contribution in [3.8, 4) is 5.75 Å². The molecule has 3 heteroatoms. The predicted octanol–water partition coefficient (Wildman–Crippen LogP) is 1.99. The molecule has 2 N–H and O–H groups in total. The molecule has 0 aromatic heterocycles. The molecule has 1 fully saturated rings. The van der Waals surface area contributed by atoms with Gasteiger partial charge in [-0.25, -0.2) is 0 Å². The normalized spacial score (nSPS) is 23.5. The Kier molecular flexibility index (Phi) is 4.02.